The van der Waals surface area contributed by atoms with Crippen LogP contribution in [0.5, 0.6) is 0 Å². The molecular weight excluding hydrogens is 257 g/mol. The van der Waals surface area contributed by atoms with Crippen molar-refractivity contribution in [3.63, 3.8) is 0 Å². The molecule has 0 bridgehead atoms. The van der Waals surface area contributed by atoms with Crippen molar-refractivity contribution in [3.8, 4) is 11.3 Å². The maximum atomic E-state index is 4.26. The number of hydrogen-bond acceptors (Lipinski definition) is 2. The zero-order valence-corrected chi connectivity index (χ0v) is 13.2. The van der Waals surface area contributed by atoms with Gasteiger partial charge in [0.2, 0.25) is 0 Å². The molecule has 2 aromatic carbocycles. The number of benzene rings is 2. The SMILES string of the molecule is [Na].c1ccc2c(c1)cc(-c1ccn[nH]1)c1ccncc12. The second-order valence-corrected chi connectivity index (χ2v) is 4.54. The van der Waals surface area contributed by atoms with Crippen LogP contribution in [0.15, 0.2) is 61.1 Å². The Morgan fingerprint density at radius 3 is 2.60 bits per heavy atom. The van der Waals surface area contributed by atoms with Crippen molar-refractivity contribution in [2.75, 3.05) is 0 Å². The van der Waals surface area contributed by atoms with Gasteiger partial charge in [-0.2, -0.15) is 5.10 Å². The number of hydrogen-bond donors (Lipinski definition) is 1. The van der Waals surface area contributed by atoms with E-state index in [-0.39, 0.29) is 29.6 Å². The van der Waals surface area contributed by atoms with Crippen LogP contribution >= 0.6 is 0 Å². The average molecular weight is 268 g/mol. The molecule has 0 fully saturated rings. The summed E-state index contributed by atoms with van der Waals surface area (Å²) in [5.41, 5.74) is 2.19. The molecule has 4 heteroatoms. The number of H-pyrrole nitrogens is 1. The van der Waals surface area contributed by atoms with Gasteiger partial charge in [-0.3, -0.25) is 10.1 Å². The van der Waals surface area contributed by atoms with Gasteiger partial charge in [0.1, 0.15) is 0 Å². The zero-order chi connectivity index (χ0) is 12.7. The number of nitrogens with one attached hydrogen (secondary N) is 1. The number of fused-ring (bicyclic) bond motifs is 3. The summed E-state index contributed by atoms with van der Waals surface area (Å²) >= 11 is 0. The van der Waals surface area contributed by atoms with Crippen molar-refractivity contribution >= 4 is 51.1 Å². The van der Waals surface area contributed by atoms with Crippen molar-refractivity contribution in [2.45, 2.75) is 0 Å². The first-order chi connectivity index (χ1) is 9.43. The van der Waals surface area contributed by atoms with E-state index in [1.54, 1.807) is 6.20 Å². The van der Waals surface area contributed by atoms with E-state index in [0.717, 1.165) is 11.3 Å². The molecule has 0 aliphatic heterocycles. The van der Waals surface area contributed by atoms with E-state index in [0.29, 0.717) is 0 Å². The van der Waals surface area contributed by atoms with Gasteiger partial charge < -0.3 is 0 Å². The van der Waals surface area contributed by atoms with E-state index in [9.17, 15) is 0 Å². The molecule has 0 unspecified atom stereocenters. The van der Waals surface area contributed by atoms with Crippen LogP contribution in [0.25, 0.3) is 32.8 Å². The average Bonchev–Trinajstić information content (AvgIpc) is 3.00. The van der Waals surface area contributed by atoms with Crippen molar-refractivity contribution in [1.29, 1.82) is 0 Å². The Morgan fingerprint density at radius 1 is 0.850 bits per heavy atom. The summed E-state index contributed by atoms with van der Waals surface area (Å²) in [5.74, 6) is 0. The van der Waals surface area contributed by atoms with E-state index in [1.807, 2.05) is 18.5 Å². The summed E-state index contributed by atoms with van der Waals surface area (Å²) in [6, 6.07) is 14.6. The molecule has 4 aromatic rings. The molecule has 91 valence electrons. The third kappa shape index (κ3) is 2.04. The number of nitrogens with zero attached hydrogens (tertiary/aromatic N) is 2. The third-order valence-corrected chi connectivity index (χ3v) is 3.45. The Hall–Kier alpha value is -1.68. The zero-order valence-electron chi connectivity index (χ0n) is 11.2. The Labute approximate surface area is 138 Å². The minimum atomic E-state index is 0. The second-order valence-electron chi connectivity index (χ2n) is 4.54. The Bertz CT molecular complexity index is 869. The fourth-order valence-electron chi connectivity index (χ4n) is 2.57. The van der Waals surface area contributed by atoms with Gasteiger partial charge in [-0.05, 0) is 34.4 Å². The summed E-state index contributed by atoms with van der Waals surface area (Å²) in [6.45, 7) is 0. The van der Waals surface area contributed by atoms with Crippen molar-refractivity contribution < 1.29 is 0 Å². The van der Waals surface area contributed by atoms with Gasteiger partial charge in [0.25, 0.3) is 0 Å². The molecule has 0 saturated carbocycles. The third-order valence-electron chi connectivity index (χ3n) is 3.45. The first kappa shape index (κ1) is 13.3. The minimum Gasteiger partial charge on any atom is -0.278 e. The molecule has 2 aromatic heterocycles. The Balaban J connectivity index is 0.00000121. The standard InChI is InChI=1S/C16H11N3.Na/c1-2-4-12-11(3-1)9-14(16-6-8-18-19-16)13-5-7-17-10-15(12)13;/h1-10H,(H,18,19);. The number of aromatic amines is 1. The molecule has 0 atom stereocenters. The van der Waals surface area contributed by atoms with Crippen LogP contribution in [0.4, 0.5) is 0 Å². The monoisotopic (exact) mass is 268 g/mol. The van der Waals surface area contributed by atoms with Gasteiger partial charge in [-0.25, -0.2) is 0 Å². The molecular formula is C16H11N3Na. The first-order valence-corrected chi connectivity index (χ1v) is 6.19. The van der Waals surface area contributed by atoms with E-state index < -0.39 is 0 Å². The molecule has 0 saturated heterocycles. The van der Waals surface area contributed by atoms with Crippen LogP contribution in [0, 0.1) is 0 Å². The van der Waals surface area contributed by atoms with E-state index in [1.165, 1.54) is 21.5 Å². The Kier molecular flexibility index (Phi) is 3.57. The summed E-state index contributed by atoms with van der Waals surface area (Å²) < 4.78 is 0. The van der Waals surface area contributed by atoms with Crippen LogP contribution < -0.4 is 0 Å². The van der Waals surface area contributed by atoms with E-state index in [4.69, 9.17) is 0 Å². The topological polar surface area (TPSA) is 41.6 Å². The fourth-order valence-corrected chi connectivity index (χ4v) is 2.57. The largest absolute Gasteiger partial charge is 0.278 e. The molecule has 0 spiro atoms. The van der Waals surface area contributed by atoms with Crippen LogP contribution in [0.1, 0.15) is 0 Å². The van der Waals surface area contributed by atoms with Crippen LogP contribution in [0.3, 0.4) is 0 Å². The van der Waals surface area contributed by atoms with E-state index >= 15 is 0 Å². The van der Waals surface area contributed by atoms with Crippen molar-refractivity contribution in [2.24, 2.45) is 0 Å². The predicted molar refractivity (Wildman–Crippen MR) is 82.6 cm³/mol. The van der Waals surface area contributed by atoms with Gasteiger partial charge in [0.15, 0.2) is 0 Å². The number of aromatic nitrogens is 3. The van der Waals surface area contributed by atoms with Gasteiger partial charge in [0.05, 0.1) is 5.69 Å². The first-order valence-electron chi connectivity index (χ1n) is 6.19. The quantitative estimate of drug-likeness (QED) is 0.424. The maximum Gasteiger partial charge on any atom is 0.0656 e. The molecule has 1 radical (unpaired) electrons. The van der Waals surface area contributed by atoms with Gasteiger partial charge in [-0.1, -0.05) is 24.3 Å². The normalized spacial score (nSPS) is 10.6. The molecule has 0 amide bonds. The molecule has 20 heavy (non-hydrogen) atoms. The van der Waals surface area contributed by atoms with Gasteiger partial charge in [0, 0.05) is 59.1 Å². The molecule has 0 aliphatic carbocycles. The summed E-state index contributed by atoms with van der Waals surface area (Å²) in [6.07, 6.45) is 5.53. The van der Waals surface area contributed by atoms with Gasteiger partial charge >= 0.3 is 0 Å². The number of pyridine rings is 1. The van der Waals surface area contributed by atoms with Crippen LogP contribution in [-0.2, 0) is 0 Å². The molecule has 4 rings (SSSR count). The fraction of sp³-hybridized carbons (Fsp3) is 0. The van der Waals surface area contributed by atoms with Gasteiger partial charge in [-0.15, -0.1) is 0 Å². The van der Waals surface area contributed by atoms with Crippen molar-refractivity contribution in [1.82, 2.24) is 15.2 Å². The predicted octanol–water partition coefficient (Wildman–Crippen LogP) is 3.40. The molecule has 2 heterocycles. The minimum absolute atomic E-state index is 0. The second kappa shape index (κ2) is 5.37. The smallest absolute Gasteiger partial charge is 0.0656 e. The maximum absolute atomic E-state index is 4.26. The van der Waals surface area contributed by atoms with E-state index in [2.05, 4.69) is 51.6 Å². The summed E-state index contributed by atoms with van der Waals surface area (Å²) in [7, 11) is 0. The van der Waals surface area contributed by atoms with Crippen LogP contribution in [-0.4, -0.2) is 44.7 Å². The molecule has 3 nitrogen and oxygen atoms in total. The summed E-state index contributed by atoms with van der Waals surface area (Å²) in [5, 5.41) is 11.9. The summed E-state index contributed by atoms with van der Waals surface area (Å²) in [4.78, 5) is 4.26. The number of rotatable bonds is 1. The van der Waals surface area contributed by atoms with Crippen LogP contribution in [0.2, 0.25) is 0 Å². The van der Waals surface area contributed by atoms with Crippen molar-refractivity contribution in [3.05, 3.63) is 61.1 Å². The molecule has 1 N–H and O–H groups in total. The molecule has 0 aliphatic rings. The Morgan fingerprint density at radius 2 is 1.75 bits per heavy atom.